The summed E-state index contributed by atoms with van der Waals surface area (Å²) >= 11 is 6.13. The number of hydrogen-bond acceptors (Lipinski definition) is 3. The fraction of sp³-hybridized carbons (Fsp3) is 0.400. The molecular formula is C15H18ClN3O. The largest absolute Gasteiger partial charge is 0.387 e. The van der Waals surface area contributed by atoms with E-state index in [2.05, 4.69) is 14.5 Å². The highest BCUT2D eigenvalue weighted by Crippen LogP contribution is 2.25. The van der Waals surface area contributed by atoms with Crippen LogP contribution in [0.4, 0.5) is 0 Å². The molecular weight excluding hydrogens is 274 g/mol. The molecule has 0 radical (unpaired) electrons. The third-order valence-electron chi connectivity index (χ3n) is 3.88. The van der Waals surface area contributed by atoms with E-state index in [1.165, 1.54) is 5.69 Å². The summed E-state index contributed by atoms with van der Waals surface area (Å²) in [7, 11) is 2.03. The van der Waals surface area contributed by atoms with E-state index in [9.17, 15) is 5.11 Å². The summed E-state index contributed by atoms with van der Waals surface area (Å²) in [6, 6.07) is 7.47. The number of benzene rings is 1. The van der Waals surface area contributed by atoms with Gasteiger partial charge in [-0.1, -0.05) is 29.8 Å². The molecule has 1 aliphatic heterocycles. The molecule has 1 aromatic carbocycles. The van der Waals surface area contributed by atoms with Gasteiger partial charge in [0.2, 0.25) is 0 Å². The summed E-state index contributed by atoms with van der Waals surface area (Å²) in [5.74, 6) is 0. The summed E-state index contributed by atoms with van der Waals surface area (Å²) in [4.78, 5) is 6.64. The van der Waals surface area contributed by atoms with Gasteiger partial charge in [0.05, 0.1) is 18.1 Å². The number of halogens is 1. The first kappa shape index (κ1) is 13.6. The minimum Gasteiger partial charge on any atom is -0.387 e. The van der Waals surface area contributed by atoms with Gasteiger partial charge in [-0.15, -0.1) is 0 Å². The molecule has 106 valence electrons. The molecule has 0 spiro atoms. The van der Waals surface area contributed by atoms with Crippen LogP contribution in [0.15, 0.2) is 30.6 Å². The normalized spacial score (nSPS) is 16.9. The zero-order chi connectivity index (χ0) is 14.1. The molecule has 5 heteroatoms. The lowest BCUT2D eigenvalue weighted by Crippen LogP contribution is -2.34. The average molecular weight is 292 g/mol. The maximum Gasteiger partial charge on any atom is 0.0949 e. The SMILES string of the molecule is Cn1cnc2c1CCN(C[C@@H](O)c1ccccc1Cl)C2. The van der Waals surface area contributed by atoms with E-state index in [0.29, 0.717) is 11.6 Å². The van der Waals surface area contributed by atoms with E-state index in [0.717, 1.165) is 30.8 Å². The summed E-state index contributed by atoms with van der Waals surface area (Å²) in [6.45, 7) is 2.31. The summed E-state index contributed by atoms with van der Waals surface area (Å²) in [5, 5.41) is 11.0. The van der Waals surface area contributed by atoms with Crippen LogP contribution in [0.5, 0.6) is 0 Å². The van der Waals surface area contributed by atoms with Gasteiger partial charge in [0.1, 0.15) is 0 Å². The summed E-state index contributed by atoms with van der Waals surface area (Å²) in [6.07, 6.45) is 2.27. The highest BCUT2D eigenvalue weighted by atomic mass is 35.5. The van der Waals surface area contributed by atoms with Gasteiger partial charge in [-0.05, 0) is 6.07 Å². The molecule has 20 heavy (non-hydrogen) atoms. The number of rotatable bonds is 3. The third-order valence-corrected chi connectivity index (χ3v) is 4.22. The van der Waals surface area contributed by atoms with Gasteiger partial charge in [0, 0.05) is 49.4 Å². The zero-order valence-corrected chi connectivity index (χ0v) is 12.2. The van der Waals surface area contributed by atoms with E-state index in [1.54, 1.807) is 0 Å². The molecule has 0 amide bonds. The number of β-amino-alcohol motifs (C(OH)–C–C–N with tert-alkyl or cyclic N) is 1. The van der Waals surface area contributed by atoms with Gasteiger partial charge in [-0.3, -0.25) is 4.90 Å². The van der Waals surface area contributed by atoms with Crippen molar-refractivity contribution in [3.8, 4) is 0 Å². The maximum absolute atomic E-state index is 10.4. The van der Waals surface area contributed by atoms with Crippen molar-refractivity contribution in [2.24, 2.45) is 7.05 Å². The Balaban J connectivity index is 1.69. The lowest BCUT2D eigenvalue weighted by atomic mass is 10.1. The number of aliphatic hydroxyl groups is 1. The van der Waals surface area contributed by atoms with Crippen molar-refractivity contribution in [1.29, 1.82) is 0 Å². The molecule has 1 atom stereocenters. The van der Waals surface area contributed by atoms with Gasteiger partial charge in [-0.25, -0.2) is 4.98 Å². The van der Waals surface area contributed by atoms with Crippen molar-refractivity contribution < 1.29 is 5.11 Å². The second-order valence-electron chi connectivity index (χ2n) is 5.27. The molecule has 1 N–H and O–H groups in total. The number of aromatic nitrogens is 2. The van der Waals surface area contributed by atoms with Gasteiger partial charge in [0.15, 0.2) is 0 Å². The van der Waals surface area contributed by atoms with Crippen LogP contribution in [0, 0.1) is 0 Å². The van der Waals surface area contributed by atoms with Gasteiger partial charge in [0.25, 0.3) is 0 Å². The van der Waals surface area contributed by atoms with Crippen molar-refractivity contribution in [2.45, 2.75) is 19.1 Å². The molecule has 1 aromatic heterocycles. The topological polar surface area (TPSA) is 41.3 Å². The number of aryl methyl sites for hydroxylation is 1. The first-order chi connectivity index (χ1) is 9.65. The Hall–Kier alpha value is -1.36. The van der Waals surface area contributed by atoms with E-state index >= 15 is 0 Å². The van der Waals surface area contributed by atoms with E-state index in [-0.39, 0.29) is 0 Å². The van der Waals surface area contributed by atoms with Crippen LogP contribution in [0.25, 0.3) is 0 Å². The summed E-state index contributed by atoms with van der Waals surface area (Å²) in [5.41, 5.74) is 3.21. The van der Waals surface area contributed by atoms with Crippen LogP contribution in [0.2, 0.25) is 5.02 Å². The predicted octanol–water partition coefficient (Wildman–Crippen LogP) is 2.17. The van der Waals surface area contributed by atoms with Crippen molar-refractivity contribution >= 4 is 11.6 Å². The lowest BCUT2D eigenvalue weighted by molar-refractivity contribution is 0.105. The first-order valence-corrected chi connectivity index (χ1v) is 7.17. The van der Waals surface area contributed by atoms with Crippen LogP contribution >= 0.6 is 11.6 Å². The molecule has 1 aliphatic rings. The fourth-order valence-corrected chi connectivity index (χ4v) is 3.02. The van der Waals surface area contributed by atoms with Crippen LogP contribution < -0.4 is 0 Å². The van der Waals surface area contributed by atoms with Crippen molar-refractivity contribution in [3.63, 3.8) is 0 Å². The molecule has 0 bridgehead atoms. The molecule has 3 rings (SSSR count). The van der Waals surface area contributed by atoms with Gasteiger partial charge in [-0.2, -0.15) is 0 Å². The van der Waals surface area contributed by atoms with Crippen molar-refractivity contribution in [2.75, 3.05) is 13.1 Å². The van der Waals surface area contributed by atoms with Gasteiger partial charge < -0.3 is 9.67 Å². The zero-order valence-electron chi connectivity index (χ0n) is 11.5. The average Bonchev–Trinajstić information content (AvgIpc) is 2.80. The van der Waals surface area contributed by atoms with Crippen LogP contribution in [-0.2, 0) is 20.0 Å². The molecule has 2 aromatic rings. The van der Waals surface area contributed by atoms with Crippen molar-refractivity contribution in [3.05, 3.63) is 52.6 Å². The third kappa shape index (κ3) is 2.59. The Morgan fingerprint density at radius 3 is 3.00 bits per heavy atom. The molecule has 2 heterocycles. The molecule has 0 aliphatic carbocycles. The molecule has 0 fully saturated rings. The number of hydrogen-bond donors (Lipinski definition) is 1. The molecule has 0 unspecified atom stereocenters. The highest BCUT2D eigenvalue weighted by molar-refractivity contribution is 6.31. The summed E-state index contributed by atoms with van der Waals surface area (Å²) < 4.78 is 2.08. The quantitative estimate of drug-likeness (QED) is 0.942. The minimum absolute atomic E-state index is 0.561. The second-order valence-corrected chi connectivity index (χ2v) is 5.68. The Bertz CT molecular complexity index is 611. The highest BCUT2D eigenvalue weighted by Gasteiger charge is 2.22. The Labute approximate surface area is 123 Å². The van der Waals surface area contributed by atoms with Gasteiger partial charge >= 0.3 is 0 Å². The standard InChI is InChI=1S/C15H18ClN3O/c1-18-10-17-13-8-19(7-6-14(13)18)9-15(20)11-4-2-3-5-12(11)16/h2-5,10,15,20H,6-9H2,1H3/t15-/m1/s1. The Morgan fingerprint density at radius 2 is 2.20 bits per heavy atom. The smallest absolute Gasteiger partial charge is 0.0949 e. The molecule has 0 saturated carbocycles. The second kappa shape index (κ2) is 5.56. The fourth-order valence-electron chi connectivity index (χ4n) is 2.76. The van der Waals surface area contributed by atoms with Crippen LogP contribution in [0.1, 0.15) is 23.1 Å². The Morgan fingerprint density at radius 1 is 1.40 bits per heavy atom. The van der Waals surface area contributed by atoms with Crippen LogP contribution in [0.3, 0.4) is 0 Å². The van der Waals surface area contributed by atoms with Crippen LogP contribution in [-0.4, -0.2) is 32.6 Å². The van der Waals surface area contributed by atoms with E-state index in [1.807, 2.05) is 37.6 Å². The minimum atomic E-state index is -0.561. The number of imidazole rings is 1. The Kier molecular flexibility index (Phi) is 3.78. The number of fused-ring (bicyclic) bond motifs is 1. The van der Waals surface area contributed by atoms with E-state index < -0.39 is 6.10 Å². The molecule has 0 saturated heterocycles. The van der Waals surface area contributed by atoms with E-state index in [4.69, 9.17) is 11.6 Å². The predicted molar refractivity (Wildman–Crippen MR) is 78.6 cm³/mol. The first-order valence-electron chi connectivity index (χ1n) is 6.79. The number of aliphatic hydroxyl groups excluding tert-OH is 1. The maximum atomic E-state index is 10.4. The van der Waals surface area contributed by atoms with Crippen molar-refractivity contribution in [1.82, 2.24) is 14.5 Å². The number of nitrogens with zero attached hydrogens (tertiary/aromatic N) is 3. The molecule has 4 nitrogen and oxygen atoms in total. The monoisotopic (exact) mass is 291 g/mol. The lowest BCUT2D eigenvalue weighted by Gasteiger charge is -2.28.